The largest absolute Gasteiger partial charge is 0.300 e. The van der Waals surface area contributed by atoms with Crippen molar-refractivity contribution >= 4 is 20.2 Å². The SMILES string of the molecule is CC.O=S(=O)(O)CCN1CCN(CCS(=O)(=O)O)CC1. The Balaban J connectivity index is 0.00000172. The minimum Gasteiger partial charge on any atom is -0.300 e. The topological polar surface area (TPSA) is 115 Å². The fraction of sp³-hybridized carbons (Fsp3) is 1.00. The number of nitrogens with zero attached hydrogens (tertiary/aromatic N) is 2. The molecule has 1 rings (SSSR count). The lowest BCUT2D eigenvalue weighted by Gasteiger charge is -2.34. The Morgan fingerprint density at radius 2 is 1.00 bits per heavy atom. The van der Waals surface area contributed by atoms with Crippen molar-refractivity contribution in [1.29, 1.82) is 0 Å². The predicted molar refractivity (Wildman–Crippen MR) is 77.1 cm³/mol. The first-order valence-electron chi connectivity index (χ1n) is 6.51. The van der Waals surface area contributed by atoms with Crippen LogP contribution in [0.1, 0.15) is 13.8 Å². The van der Waals surface area contributed by atoms with Crippen molar-refractivity contribution in [1.82, 2.24) is 9.80 Å². The maximum Gasteiger partial charge on any atom is 0.266 e. The number of rotatable bonds is 6. The first-order chi connectivity index (χ1) is 9.16. The second kappa shape index (κ2) is 8.90. The van der Waals surface area contributed by atoms with Gasteiger partial charge in [-0.3, -0.25) is 18.9 Å². The monoisotopic (exact) mass is 332 g/mol. The van der Waals surface area contributed by atoms with E-state index in [4.69, 9.17) is 9.11 Å². The molecule has 1 saturated heterocycles. The lowest BCUT2D eigenvalue weighted by atomic mass is 10.3. The standard InChI is InChI=1S/C8H18N2O6S2.C2H6/c11-17(12,13)7-5-9-1-2-10(4-3-9)6-8-18(14,15)16;1-2/h1-8H2,(H,11,12,13)(H,14,15,16);1-2H3. The first kappa shape index (κ1) is 19.7. The molecule has 0 unspecified atom stereocenters. The molecule has 0 aromatic heterocycles. The molecule has 0 saturated carbocycles. The number of piperazine rings is 1. The minimum absolute atomic E-state index is 0.269. The van der Waals surface area contributed by atoms with Gasteiger partial charge in [-0.05, 0) is 0 Å². The molecular formula is C10H24N2O6S2. The molecule has 0 aromatic rings. The van der Waals surface area contributed by atoms with E-state index >= 15 is 0 Å². The van der Waals surface area contributed by atoms with Crippen LogP contribution in [0.25, 0.3) is 0 Å². The molecule has 0 aliphatic carbocycles. The zero-order valence-electron chi connectivity index (χ0n) is 11.9. The summed E-state index contributed by atoms with van der Waals surface area (Å²) < 4.78 is 59.5. The van der Waals surface area contributed by atoms with Crippen molar-refractivity contribution in [3.63, 3.8) is 0 Å². The van der Waals surface area contributed by atoms with Crippen molar-refractivity contribution in [2.45, 2.75) is 13.8 Å². The highest BCUT2D eigenvalue weighted by Gasteiger charge is 2.19. The summed E-state index contributed by atoms with van der Waals surface area (Å²) in [6.07, 6.45) is 0. The Morgan fingerprint density at radius 3 is 1.20 bits per heavy atom. The summed E-state index contributed by atoms with van der Waals surface area (Å²) in [7, 11) is -7.87. The maximum atomic E-state index is 10.6. The molecule has 8 nitrogen and oxygen atoms in total. The van der Waals surface area contributed by atoms with E-state index < -0.39 is 20.2 Å². The molecule has 2 N–H and O–H groups in total. The van der Waals surface area contributed by atoms with E-state index in [0.29, 0.717) is 26.2 Å². The lowest BCUT2D eigenvalue weighted by molar-refractivity contribution is 0.143. The van der Waals surface area contributed by atoms with Crippen LogP contribution in [-0.4, -0.2) is 86.5 Å². The highest BCUT2D eigenvalue weighted by molar-refractivity contribution is 7.86. The van der Waals surface area contributed by atoms with E-state index in [1.54, 1.807) is 0 Å². The Labute approximate surface area is 121 Å². The van der Waals surface area contributed by atoms with Crippen molar-refractivity contribution in [3.05, 3.63) is 0 Å². The Morgan fingerprint density at radius 1 is 0.750 bits per heavy atom. The van der Waals surface area contributed by atoms with Crippen molar-refractivity contribution in [3.8, 4) is 0 Å². The zero-order chi connectivity index (χ0) is 15.8. The van der Waals surface area contributed by atoms with Crippen LogP contribution in [0.15, 0.2) is 0 Å². The average Bonchev–Trinajstić information content (AvgIpc) is 2.36. The molecule has 10 heteroatoms. The molecule has 20 heavy (non-hydrogen) atoms. The van der Waals surface area contributed by atoms with E-state index in [0.717, 1.165) is 0 Å². The van der Waals surface area contributed by atoms with Crippen LogP contribution in [-0.2, 0) is 20.2 Å². The van der Waals surface area contributed by atoms with Crippen LogP contribution < -0.4 is 0 Å². The molecule has 1 aliphatic heterocycles. The van der Waals surface area contributed by atoms with Gasteiger partial charge in [0, 0.05) is 39.3 Å². The molecule has 0 amide bonds. The predicted octanol–water partition coefficient (Wildman–Crippen LogP) is -0.594. The Bertz CT molecular complexity index is 410. The van der Waals surface area contributed by atoms with Crippen LogP contribution in [0.4, 0.5) is 0 Å². The van der Waals surface area contributed by atoms with Gasteiger partial charge in [0.05, 0.1) is 11.5 Å². The quantitative estimate of drug-likeness (QED) is 0.620. The van der Waals surface area contributed by atoms with Crippen LogP contribution in [0, 0.1) is 0 Å². The normalized spacial score (nSPS) is 18.4. The molecule has 0 atom stereocenters. The van der Waals surface area contributed by atoms with Gasteiger partial charge in [-0.15, -0.1) is 0 Å². The third-order valence-electron chi connectivity index (χ3n) is 2.80. The van der Waals surface area contributed by atoms with Gasteiger partial charge in [0.1, 0.15) is 0 Å². The molecular weight excluding hydrogens is 308 g/mol. The van der Waals surface area contributed by atoms with Gasteiger partial charge in [-0.2, -0.15) is 16.8 Å². The highest BCUT2D eigenvalue weighted by Crippen LogP contribution is 2.02. The van der Waals surface area contributed by atoms with Gasteiger partial charge in [-0.1, -0.05) is 13.8 Å². The number of hydrogen-bond acceptors (Lipinski definition) is 6. The summed E-state index contributed by atoms with van der Waals surface area (Å²) in [5, 5.41) is 0. The summed E-state index contributed by atoms with van der Waals surface area (Å²) in [4.78, 5) is 3.77. The zero-order valence-corrected chi connectivity index (χ0v) is 13.5. The third-order valence-corrected chi connectivity index (χ3v) is 4.19. The van der Waals surface area contributed by atoms with Crippen molar-refractivity contribution in [2.24, 2.45) is 0 Å². The second-order valence-electron chi connectivity index (χ2n) is 4.26. The Hall–Kier alpha value is -0.260. The summed E-state index contributed by atoms with van der Waals surface area (Å²) in [6, 6.07) is 0. The molecule has 122 valence electrons. The molecule has 0 radical (unpaired) electrons. The van der Waals surface area contributed by atoms with E-state index in [-0.39, 0.29) is 24.6 Å². The van der Waals surface area contributed by atoms with Gasteiger partial charge in [0.15, 0.2) is 0 Å². The van der Waals surface area contributed by atoms with Crippen molar-refractivity contribution < 1.29 is 25.9 Å². The third kappa shape index (κ3) is 10.5. The molecule has 1 fully saturated rings. The molecule has 1 heterocycles. The minimum atomic E-state index is -3.93. The summed E-state index contributed by atoms with van der Waals surface area (Å²) in [6.45, 7) is 6.99. The molecule has 0 spiro atoms. The number of hydrogen-bond donors (Lipinski definition) is 2. The Kier molecular flexibility index (Phi) is 8.79. The fourth-order valence-corrected chi connectivity index (χ4v) is 2.70. The van der Waals surface area contributed by atoms with Gasteiger partial charge in [0.2, 0.25) is 0 Å². The first-order valence-corrected chi connectivity index (χ1v) is 9.72. The lowest BCUT2D eigenvalue weighted by Crippen LogP contribution is -2.48. The fourth-order valence-electron chi connectivity index (χ4n) is 1.73. The van der Waals surface area contributed by atoms with Crippen LogP contribution in [0.3, 0.4) is 0 Å². The van der Waals surface area contributed by atoms with Crippen molar-refractivity contribution in [2.75, 3.05) is 50.8 Å². The smallest absolute Gasteiger partial charge is 0.266 e. The second-order valence-corrected chi connectivity index (χ2v) is 7.40. The van der Waals surface area contributed by atoms with E-state index in [1.165, 1.54) is 0 Å². The maximum absolute atomic E-state index is 10.6. The van der Waals surface area contributed by atoms with Gasteiger partial charge in [0.25, 0.3) is 20.2 Å². The molecule has 0 bridgehead atoms. The summed E-state index contributed by atoms with van der Waals surface area (Å²) >= 11 is 0. The van der Waals surface area contributed by atoms with E-state index in [2.05, 4.69) is 0 Å². The van der Waals surface area contributed by atoms with Crippen LogP contribution in [0.5, 0.6) is 0 Å². The van der Waals surface area contributed by atoms with Crippen LogP contribution in [0.2, 0.25) is 0 Å². The molecule has 0 aromatic carbocycles. The van der Waals surface area contributed by atoms with E-state index in [9.17, 15) is 16.8 Å². The van der Waals surface area contributed by atoms with Crippen LogP contribution >= 0.6 is 0 Å². The summed E-state index contributed by atoms with van der Waals surface area (Å²) in [5.41, 5.74) is 0. The highest BCUT2D eigenvalue weighted by atomic mass is 32.2. The summed E-state index contributed by atoms with van der Waals surface area (Å²) in [5.74, 6) is -0.587. The average molecular weight is 332 g/mol. The van der Waals surface area contributed by atoms with Gasteiger partial charge in [-0.25, -0.2) is 0 Å². The van der Waals surface area contributed by atoms with Gasteiger partial charge >= 0.3 is 0 Å². The molecule has 1 aliphatic rings. The van der Waals surface area contributed by atoms with Gasteiger partial charge < -0.3 is 0 Å². The van der Waals surface area contributed by atoms with E-state index in [1.807, 2.05) is 23.6 Å².